The molecular weight excluding hydrogens is 350 g/mol. The Morgan fingerprint density at radius 3 is 2.70 bits per heavy atom. The molecule has 5 nitrogen and oxygen atoms in total. The van der Waals surface area contributed by atoms with Gasteiger partial charge in [-0.1, -0.05) is 12.1 Å². The lowest BCUT2D eigenvalue weighted by atomic mass is 9.89. The van der Waals surface area contributed by atoms with Crippen molar-refractivity contribution in [1.82, 2.24) is 14.8 Å². The Kier molecular flexibility index (Phi) is 4.45. The van der Waals surface area contributed by atoms with Crippen LogP contribution in [-0.4, -0.2) is 54.5 Å². The van der Waals surface area contributed by atoms with E-state index in [1.165, 1.54) is 18.3 Å². The van der Waals surface area contributed by atoms with Gasteiger partial charge in [0.2, 0.25) is 0 Å². The van der Waals surface area contributed by atoms with E-state index in [4.69, 9.17) is 0 Å². The number of aromatic nitrogens is 1. The highest BCUT2D eigenvalue weighted by atomic mass is 19.1. The van der Waals surface area contributed by atoms with E-state index in [0.29, 0.717) is 25.3 Å². The second-order valence-electron chi connectivity index (χ2n) is 7.49. The number of urea groups is 1. The van der Waals surface area contributed by atoms with Crippen LogP contribution in [-0.2, 0) is 0 Å². The zero-order valence-corrected chi connectivity index (χ0v) is 15.3. The lowest BCUT2D eigenvalue weighted by molar-refractivity contribution is 0.159. The first-order valence-electron chi connectivity index (χ1n) is 9.03. The molecule has 0 N–H and O–H groups in total. The third-order valence-corrected chi connectivity index (χ3v) is 5.57. The molecule has 0 unspecified atom stereocenters. The summed E-state index contributed by atoms with van der Waals surface area (Å²) in [6.07, 6.45) is 2.80. The molecule has 2 amide bonds. The third kappa shape index (κ3) is 3.11. The molecule has 27 heavy (non-hydrogen) atoms. The highest BCUT2D eigenvalue weighted by molar-refractivity contribution is 5.75. The summed E-state index contributed by atoms with van der Waals surface area (Å²) in [5, 5.41) is 0. The van der Waals surface area contributed by atoms with Crippen LogP contribution in [0.4, 0.5) is 19.3 Å². The van der Waals surface area contributed by atoms with Crippen LogP contribution in [0, 0.1) is 23.5 Å². The summed E-state index contributed by atoms with van der Waals surface area (Å²) in [4.78, 5) is 21.9. The first-order chi connectivity index (χ1) is 13.0. The van der Waals surface area contributed by atoms with Gasteiger partial charge in [-0.3, -0.25) is 4.98 Å². The highest BCUT2D eigenvalue weighted by Crippen LogP contribution is 2.46. The van der Waals surface area contributed by atoms with Crippen LogP contribution in [0.2, 0.25) is 0 Å². The van der Waals surface area contributed by atoms with Crippen LogP contribution in [0.5, 0.6) is 0 Å². The van der Waals surface area contributed by atoms with Gasteiger partial charge in [0.25, 0.3) is 0 Å². The highest BCUT2D eigenvalue weighted by Gasteiger charge is 2.49. The molecule has 0 spiro atoms. The average Bonchev–Trinajstić information content (AvgIpc) is 3.18. The molecule has 2 fully saturated rings. The average molecular weight is 372 g/mol. The number of rotatable bonds is 2. The molecule has 2 aromatic rings. The zero-order valence-electron chi connectivity index (χ0n) is 15.3. The Balaban J connectivity index is 1.67. The van der Waals surface area contributed by atoms with Crippen LogP contribution < -0.4 is 4.90 Å². The van der Waals surface area contributed by atoms with Crippen molar-refractivity contribution in [3.05, 3.63) is 59.9 Å². The Morgan fingerprint density at radius 1 is 1.19 bits per heavy atom. The van der Waals surface area contributed by atoms with Crippen molar-refractivity contribution >= 4 is 11.7 Å². The van der Waals surface area contributed by atoms with Gasteiger partial charge in [0.05, 0.1) is 17.9 Å². The van der Waals surface area contributed by atoms with Crippen molar-refractivity contribution in [3.63, 3.8) is 0 Å². The Morgan fingerprint density at radius 2 is 2.00 bits per heavy atom. The molecule has 2 saturated heterocycles. The van der Waals surface area contributed by atoms with Gasteiger partial charge in [0.15, 0.2) is 5.82 Å². The lowest BCUT2D eigenvalue weighted by Gasteiger charge is -2.32. The maximum absolute atomic E-state index is 14.2. The largest absolute Gasteiger partial charge is 0.368 e. The Bertz CT molecular complexity index is 859. The van der Waals surface area contributed by atoms with Gasteiger partial charge in [-0.25, -0.2) is 13.6 Å². The lowest BCUT2D eigenvalue weighted by Crippen LogP contribution is -2.41. The van der Waals surface area contributed by atoms with Crippen molar-refractivity contribution < 1.29 is 13.6 Å². The maximum atomic E-state index is 14.2. The van der Waals surface area contributed by atoms with Gasteiger partial charge in [-0.15, -0.1) is 0 Å². The number of hydrogen-bond acceptors (Lipinski definition) is 3. The summed E-state index contributed by atoms with van der Waals surface area (Å²) in [6, 6.07) is 7.81. The van der Waals surface area contributed by atoms with Gasteiger partial charge in [0, 0.05) is 51.8 Å². The van der Waals surface area contributed by atoms with Gasteiger partial charge in [-0.05, 0) is 23.8 Å². The number of halogens is 2. The number of nitrogens with zero attached hydrogens (tertiary/aromatic N) is 4. The van der Waals surface area contributed by atoms with Crippen LogP contribution in [0.3, 0.4) is 0 Å². The van der Waals surface area contributed by atoms with E-state index in [1.54, 1.807) is 37.3 Å². The fraction of sp³-hybridized carbons (Fsp3) is 0.400. The second kappa shape index (κ2) is 6.79. The Hall–Kier alpha value is -2.70. The summed E-state index contributed by atoms with van der Waals surface area (Å²) in [5.41, 5.74) is 1.32. The summed E-state index contributed by atoms with van der Waals surface area (Å²) >= 11 is 0. The first-order valence-corrected chi connectivity index (χ1v) is 9.03. The molecule has 1 aromatic carbocycles. The third-order valence-electron chi connectivity index (χ3n) is 5.57. The summed E-state index contributed by atoms with van der Waals surface area (Å²) in [6.45, 7) is 1.85. The molecule has 1 aromatic heterocycles. The quantitative estimate of drug-likeness (QED) is 0.813. The summed E-state index contributed by atoms with van der Waals surface area (Å²) in [5.74, 6) is -0.345. The fourth-order valence-electron chi connectivity index (χ4n) is 4.44. The number of benzene rings is 1. The molecule has 3 heterocycles. The predicted octanol–water partition coefficient (Wildman–Crippen LogP) is 3.15. The minimum absolute atomic E-state index is 0.0831. The monoisotopic (exact) mass is 372 g/mol. The molecule has 0 aliphatic carbocycles. The van der Waals surface area contributed by atoms with Crippen molar-refractivity contribution in [3.8, 4) is 0 Å². The molecule has 0 saturated carbocycles. The number of pyridine rings is 1. The number of fused-ring (bicyclic) bond motifs is 1. The normalized spacial score (nSPS) is 24.2. The van der Waals surface area contributed by atoms with E-state index in [1.807, 2.05) is 15.9 Å². The molecular formula is C20H22F2N4O. The molecule has 7 heteroatoms. The minimum Gasteiger partial charge on any atom is -0.368 e. The predicted molar refractivity (Wildman–Crippen MR) is 98.3 cm³/mol. The van der Waals surface area contributed by atoms with Crippen LogP contribution in [0.1, 0.15) is 11.6 Å². The second-order valence-corrected chi connectivity index (χ2v) is 7.49. The van der Waals surface area contributed by atoms with E-state index in [0.717, 1.165) is 5.56 Å². The van der Waals surface area contributed by atoms with Crippen molar-refractivity contribution in [2.45, 2.75) is 6.04 Å². The van der Waals surface area contributed by atoms with Gasteiger partial charge in [0.1, 0.15) is 5.82 Å². The SMILES string of the molecule is CN(C)C(=O)N1C[C@H]2CN(c3ccncc3F)C[C@H]2[C@H]1c1cccc(F)c1. The Labute approximate surface area is 157 Å². The van der Waals surface area contributed by atoms with E-state index in [9.17, 15) is 13.6 Å². The van der Waals surface area contributed by atoms with Crippen LogP contribution in [0.15, 0.2) is 42.7 Å². The van der Waals surface area contributed by atoms with Crippen molar-refractivity contribution in [2.24, 2.45) is 11.8 Å². The van der Waals surface area contributed by atoms with Crippen molar-refractivity contribution in [2.75, 3.05) is 38.6 Å². The van der Waals surface area contributed by atoms with Crippen LogP contribution in [0.25, 0.3) is 0 Å². The minimum atomic E-state index is -0.346. The zero-order chi connectivity index (χ0) is 19.1. The van der Waals surface area contributed by atoms with Gasteiger partial charge >= 0.3 is 6.03 Å². The van der Waals surface area contributed by atoms with E-state index >= 15 is 0 Å². The number of carbonyl (C=O) groups excluding carboxylic acids is 1. The smallest absolute Gasteiger partial charge is 0.320 e. The molecule has 2 aliphatic heterocycles. The molecule has 3 atom stereocenters. The standard InChI is InChI=1S/C20H22F2N4O/c1-24(2)20(27)26-11-14-10-25(18-6-7-23-9-17(18)22)12-16(14)19(26)13-4-3-5-15(21)8-13/h3-9,14,16,19H,10-12H2,1-2H3/t14-,16-,19-/m1/s1. The molecule has 4 rings (SSSR count). The van der Waals surface area contributed by atoms with E-state index in [-0.39, 0.29) is 35.5 Å². The van der Waals surface area contributed by atoms with Crippen molar-refractivity contribution in [1.29, 1.82) is 0 Å². The van der Waals surface area contributed by atoms with E-state index < -0.39 is 0 Å². The molecule has 2 aliphatic rings. The van der Waals surface area contributed by atoms with Gasteiger partial charge < -0.3 is 14.7 Å². The number of amides is 2. The molecule has 142 valence electrons. The number of likely N-dealkylation sites (tertiary alicyclic amines) is 1. The topological polar surface area (TPSA) is 39.7 Å². The number of hydrogen-bond donors (Lipinski definition) is 0. The first kappa shape index (κ1) is 17.7. The fourth-order valence-corrected chi connectivity index (χ4v) is 4.44. The summed E-state index contributed by atoms with van der Waals surface area (Å²) < 4.78 is 28.0. The number of carbonyl (C=O) groups is 1. The maximum Gasteiger partial charge on any atom is 0.320 e. The molecule has 0 bridgehead atoms. The number of anilines is 1. The molecule has 0 radical (unpaired) electrons. The van der Waals surface area contributed by atoms with E-state index in [2.05, 4.69) is 4.98 Å². The van der Waals surface area contributed by atoms with Crippen LogP contribution >= 0.6 is 0 Å². The van der Waals surface area contributed by atoms with Gasteiger partial charge in [-0.2, -0.15) is 0 Å². The summed E-state index contributed by atoms with van der Waals surface area (Å²) in [7, 11) is 3.44.